The molecular formula is C22H28F2N4O3. The van der Waals surface area contributed by atoms with Gasteiger partial charge in [-0.2, -0.15) is 8.78 Å². The number of aliphatic imine (C=N–C) groups is 1. The van der Waals surface area contributed by atoms with Gasteiger partial charge in [0.2, 0.25) is 0 Å². The van der Waals surface area contributed by atoms with Crippen molar-refractivity contribution >= 4 is 11.6 Å². The Kier molecular flexibility index (Phi) is 7.75. The summed E-state index contributed by atoms with van der Waals surface area (Å²) in [6.45, 7) is 3.06. The van der Waals surface area contributed by atoms with Crippen LogP contribution in [0.3, 0.4) is 0 Å². The highest BCUT2D eigenvalue weighted by Crippen LogP contribution is 2.30. The average Bonchev–Trinajstić information content (AvgIpc) is 2.77. The van der Waals surface area contributed by atoms with E-state index in [4.69, 9.17) is 4.74 Å². The average molecular weight is 434 g/mol. The second kappa shape index (κ2) is 10.7. The smallest absolute Gasteiger partial charge is 0.387 e. The van der Waals surface area contributed by atoms with Crippen LogP contribution in [0.1, 0.15) is 12.5 Å². The van der Waals surface area contributed by atoms with Gasteiger partial charge in [0, 0.05) is 32.7 Å². The van der Waals surface area contributed by atoms with E-state index in [1.165, 1.54) is 13.2 Å². The topological polar surface area (TPSA) is 69.6 Å². The molecule has 31 heavy (non-hydrogen) atoms. The van der Waals surface area contributed by atoms with Gasteiger partial charge in [-0.3, -0.25) is 0 Å². The second-order valence-corrected chi connectivity index (χ2v) is 7.00. The van der Waals surface area contributed by atoms with Crippen molar-refractivity contribution < 1.29 is 23.4 Å². The molecule has 168 valence electrons. The highest BCUT2D eigenvalue weighted by molar-refractivity contribution is 5.80. The van der Waals surface area contributed by atoms with Crippen molar-refractivity contribution in [2.75, 3.05) is 44.7 Å². The fourth-order valence-corrected chi connectivity index (χ4v) is 3.49. The van der Waals surface area contributed by atoms with Crippen LogP contribution in [0.25, 0.3) is 0 Å². The maximum Gasteiger partial charge on any atom is 0.387 e. The van der Waals surface area contributed by atoms with Crippen molar-refractivity contribution in [3.05, 3.63) is 48.0 Å². The minimum atomic E-state index is -2.93. The predicted molar refractivity (Wildman–Crippen MR) is 116 cm³/mol. The van der Waals surface area contributed by atoms with Crippen molar-refractivity contribution in [2.24, 2.45) is 4.99 Å². The van der Waals surface area contributed by atoms with Gasteiger partial charge in [0.1, 0.15) is 5.75 Å². The van der Waals surface area contributed by atoms with Gasteiger partial charge >= 0.3 is 6.61 Å². The van der Waals surface area contributed by atoms with Crippen LogP contribution in [0, 0.1) is 0 Å². The largest absolute Gasteiger partial charge is 0.506 e. The number of methoxy groups -OCH3 is 1. The Balaban J connectivity index is 1.68. The van der Waals surface area contributed by atoms with Crippen molar-refractivity contribution in [1.82, 2.24) is 10.2 Å². The molecular weight excluding hydrogens is 406 g/mol. The molecule has 1 heterocycles. The third-order valence-electron chi connectivity index (χ3n) is 4.99. The Morgan fingerprint density at radius 1 is 1.13 bits per heavy atom. The van der Waals surface area contributed by atoms with Gasteiger partial charge in [0.15, 0.2) is 17.5 Å². The van der Waals surface area contributed by atoms with Crippen LogP contribution < -0.4 is 19.7 Å². The minimum Gasteiger partial charge on any atom is -0.506 e. The van der Waals surface area contributed by atoms with E-state index < -0.39 is 6.61 Å². The number of aromatic hydroxyl groups is 1. The normalized spacial score (nSPS) is 14.7. The summed E-state index contributed by atoms with van der Waals surface area (Å²) in [4.78, 5) is 8.98. The van der Waals surface area contributed by atoms with Gasteiger partial charge in [-0.25, -0.2) is 4.99 Å². The summed E-state index contributed by atoms with van der Waals surface area (Å²) in [5.74, 6) is 1.27. The van der Waals surface area contributed by atoms with Crippen molar-refractivity contribution in [1.29, 1.82) is 0 Å². The Morgan fingerprint density at radius 3 is 2.52 bits per heavy atom. The lowest BCUT2D eigenvalue weighted by Crippen LogP contribution is -2.52. The first-order valence-electron chi connectivity index (χ1n) is 10.2. The standard InChI is InChI=1S/C22H28F2N4O3/c1-3-25-22(26-15-16-8-9-19(30-2)20(14-16)31-21(23)24)28-12-10-27(11-13-28)17-6-4-5-7-18(17)29/h4-9,14,21,29H,3,10-13,15H2,1-2H3,(H,25,26). The number of phenols is 1. The zero-order valence-corrected chi connectivity index (χ0v) is 17.7. The summed E-state index contributed by atoms with van der Waals surface area (Å²) in [5.41, 5.74) is 1.56. The number of nitrogens with one attached hydrogen (secondary N) is 1. The van der Waals surface area contributed by atoms with Crippen molar-refractivity contribution in [3.8, 4) is 17.2 Å². The number of nitrogens with zero attached hydrogens (tertiary/aromatic N) is 3. The number of hydrogen-bond donors (Lipinski definition) is 2. The minimum absolute atomic E-state index is 0.00789. The predicted octanol–water partition coefficient (Wildman–Crippen LogP) is 3.29. The van der Waals surface area contributed by atoms with E-state index in [1.807, 2.05) is 25.1 Å². The molecule has 0 saturated carbocycles. The molecule has 0 atom stereocenters. The molecule has 0 aliphatic carbocycles. The number of benzene rings is 2. The molecule has 1 fully saturated rings. The van der Waals surface area contributed by atoms with Gasteiger partial charge < -0.3 is 29.7 Å². The molecule has 0 radical (unpaired) electrons. The maximum atomic E-state index is 12.7. The fourth-order valence-electron chi connectivity index (χ4n) is 3.49. The van der Waals surface area contributed by atoms with Gasteiger partial charge in [-0.15, -0.1) is 0 Å². The molecule has 2 N–H and O–H groups in total. The molecule has 2 aromatic rings. The summed E-state index contributed by atoms with van der Waals surface area (Å²) in [6.07, 6.45) is 0. The lowest BCUT2D eigenvalue weighted by Gasteiger charge is -2.37. The molecule has 9 heteroatoms. The Morgan fingerprint density at radius 2 is 1.87 bits per heavy atom. The second-order valence-electron chi connectivity index (χ2n) is 7.00. The molecule has 3 rings (SSSR count). The van der Waals surface area contributed by atoms with Crippen LogP contribution in [0.2, 0.25) is 0 Å². The van der Waals surface area contributed by atoms with E-state index in [2.05, 4.69) is 24.8 Å². The molecule has 1 aliphatic heterocycles. The first kappa shape index (κ1) is 22.5. The number of halogens is 2. The number of para-hydroxylation sites is 2. The van der Waals surface area contributed by atoms with Crippen LogP contribution in [0.5, 0.6) is 17.2 Å². The highest BCUT2D eigenvalue weighted by atomic mass is 19.3. The zero-order valence-electron chi connectivity index (χ0n) is 17.7. The molecule has 2 aromatic carbocycles. The fraction of sp³-hybridized carbons (Fsp3) is 0.409. The third kappa shape index (κ3) is 5.90. The van der Waals surface area contributed by atoms with E-state index in [9.17, 15) is 13.9 Å². The van der Waals surface area contributed by atoms with Crippen LogP contribution in [-0.2, 0) is 6.54 Å². The number of ether oxygens (including phenoxy) is 2. The number of rotatable bonds is 7. The number of alkyl halides is 2. The summed E-state index contributed by atoms with van der Waals surface area (Å²) in [5, 5.41) is 13.4. The lowest BCUT2D eigenvalue weighted by molar-refractivity contribution is -0.0512. The summed E-state index contributed by atoms with van der Waals surface area (Å²) < 4.78 is 35.0. The lowest BCUT2D eigenvalue weighted by atomic mass is 10.2. The molecule has 0 amide bonds. The Hall–Kier alpha value is -3.23. The van der Waals surface area contributed by atoms with Crippen LogP contribution in [-0.4, -0.2) is 62.4 Å². The van der Waals surface area contributed by atoms with Gasteiger partial charge in [0.25, 0.3) is 0 Å². The Bertz CT molecular complexity index is 887. The number of piperazine rings is 1. The van der Waals surface area contributed by atoms with Gasteiger partial charge in [0.05, 0.1) is 19.3 Å². The monoisotopic (exact) mass is 434 g/mol. The van der Waals surface area contributed by atoms with Crippen LogP contribution in [0.15, 0.2) is 47.5 Å². The Labute approximate surface area is 180 Å². The highest BCUT2D eigenvalue weighted by Gasteiger charge is 2.21. The summed E-state index contributed by atoms with van der Waals surface area (Å²) in [6, 6.07) is 12.2. The summed E-state index contributed by atoms with van der Waals surface area (Å²) >= 11 is 0. The van der Waals surface area contributed by atoms with E-state index >= 15 is 0 Å². The first-order chi connectivity index (χ1) is 15.0. The molecule has 0 bridgehead atoms. The van der Waals surface area contributed by atoms with E-state index in [1.54, 1.807) is 18.2 Å². The van der Waals surface area contributed by atoms with Crippen LogP contribution >= 0.6 is 0 Å². The van der Waals surface area contributed by atoms with Crippen molar-refractivity contribution in [3.63, 3.8) is 0 Å². The van der Waals surface area contributed by atoms with Crippen molar-refractivity contribution in [2.45, 2.75) is 20.1 Å². The van der Waals surface area contributed by atoms with Gasteiger partial charge in [-0.05, 0) is 36.8 Å². The zero-order chi connectivity index (χ0) is 22.2. The molecule has 1 saturated heterocycles. The van der Waals surface area contributed by atoms with Crippen LogP contribution in [0.4, 0.5) is 14.5 Å². The SMILES string of the molecule is CCNC(=NCc1ccc(OC)c(OC(F)F)c1)N1CCN(c2ccccc2O)CC1. The molecule has 0 aromatic heterocycles. The number of anilines is 1. The maximum absolute atomic E-state index is 12.7. The quantitative estimate of drug-likeness (QED) is 0.515. The van der Waals surface area contributed by atoms with E-state index in [0.29, 0.717) is 13.1 Å². The van der Waals surface area contributed by atoms with Gasteiger partial charge in [-0.1, -0.05) is 18.2 Å². The summed E-state index contributed by atoms with van der Waals surface area (Å²) in [7, 11) is 1.41. The van der Waals surface area contributed by atoms with E-state index in [-0.39, 0.29) is 17.2 Å². The number of hydrogen-bond acceptors (Lipinski definition) is 5. The third-order valence-corrected chi connectivity index (χ3v) is 4.99. The molecule has 1 aliphatic rings. The number of phenolic OH excluding ortho intramolecular Hbond substituents is 1. The first-order valence-corrected chi connectivity index (χ1v) is 10.2. The molecule has 7 nitrogen and oxygen atoms in total. The molecule has 0 spiro atoms. The van der Waals surface area contributed by atoms with E-state index in [0.717, 1.165) is 43.4 Å². The molecule has 0 unspecified atom stereocenters. The number of guanidine groups is 1.